The van der Waals surface area contributed by atoms with Gasteiger partial charge < -0.3 is 10.6 Å². The SMILES string of the molecule is NC(=O)[C@H]1CCCCN1C(=O)CSCCCc1ccccc1. The van der Waals surface area contributed by atoms with Gasteiger partial charge in [0.15, 0.2) is 0 Å². The quantitative estimate of drug-likeness (QED) is 0.784. The van der Waals surface area contributed by atoms with Gasteiger partial charge in [0.25, 0.3) is 0 Å². The van der Waals surface area contributed by atoms with Gasteiger partial charge in [-0.15, -0.1) is 0 Å². The zero-order chi connectivity index (χ0) is 15.8. The molecular weight excluding hydrogens is 296 g/mol. The van der Waals surface area contributed by atoms with Crippen molar-refractivity contribution in [3.05, 3.63) is 35.9 Å². The maximum atomic E-state index is 12.2. The normalized spacial score (nSPS) is 18.2. The average molecular weight is 320 g/mol. The molecule has 1 atom stereocenters. The molecule has 0 aromatic heterocycles. The number of thioether (sulfide) groups is 1. The third kappa shape index (κ3) is 5.05. The summed E-state index contributed by atoms with van der Waals surface area (Å²) in [6.07, 6.45) is 4.74. The van der Waals surface area contributed by atoms with Crippen molar-refractivity contribution in [1.29, 1.82) is 0 Å². The summed E-state index contributed by atoms with van der Waals surface area (Å²) in [5.74, 6) is 1.07. The summed E-state index contributed by atoms with van der Waals surface area (Å²) in [5.41, 5.74) is 6.73. The van der Waals surface area contributed by atoms with Crippen LogP contribution in [0.1, 0.15) is 31.2 Å². The number of rotatable bonds is 7. The van der Waals surface area contributed by atoms with Crippen molar-refractivity contribution in [2.45, 2.75) is 38.1 Å². The van der Waals surface area contributed by atoms with Gasteiger partial charge in [0.1, 0.15) is 6.04 Å². The Bertz CT molecular complexity index is 493. The lowest BCUT2D eigenvalue weighted by Gasteiger charge is -2.33. The second-order valence-electron chi connectivity index (χ2n) is 5.64. The van der Waals surface area contributed by atoms with Crippen LogP contribution < -0.4 is 5.73 Å². The van der Waals surface area contributed by atoms with Crippen LogP contribution in [0.25, 0.3) is 0 Å². The first-order chi connectivity index (χ1) is 10.7. The minimum atomic E-state index is -0.397. The number of benzene rings is 1. The molecule has 2 amide bonds. The van der Waals surface area contributed by atoms with E-state index >= 15 is 0 Å². The van der Waals surface area contributed by atoms with Crippen LogP contribution in [0.15, 0.2) is 30.3 Å². The Morgan fingerprint density at radius 3 is 2.73 bits per heavy atom. The minimum absolute atomic E-state index is 0.0493. The molecular formula is C17H24N2O2S. The van der Waals surface area contributed by atoms with E-state index in [-0.39, 0.29) is 11.8 Å². The van der Waals surface area contributed by atoms with Crippen LogP contribution in [0.3, 0.4) is 0 Å². The second-order valence-corrected chi connectivity index (χ2v) is 6.75. The third-order valence-corrected chi connectivity index (χ3v) is 5.00. The molecule has 1 aliphatic rings. The summed E-state index contributed by atoms with van der Waals surface area (Å²) >= 11 is 1.64. The maximum Gasteiger partial charge on any atom is 0.240 e. The monoisotopic (exact) mass is 320 g/mol. The van der Waals surface area contributed by atoms with Crippen molar-refractivity contribution < 1.29 is 9.59 Å². The van der Waals surface area contributed by atoms with Crippen LogP contribution in [0.5, 0.6) is 0 Å². The van der Waals surface area contributed by atoms with Gasteiger partial charge in [-0.05, 0) is 43.4 Å². The minimum Gasteiger partial charge on any atom is -0.368 e. The van der Waals surface area contributed by atoms with E-state index in [0.717, 1.165) is 31.4 Å². The van der Waals surface area contributed by atoms with Crippen molar-refractivity contribution in [3.8, 4) is 0 Å². The van der Waals surface area contributed by atoms with Gasteiger partial charge in [-0.3, -0.25) is 9.59 Å². The molecule has 1 aromatic rings. The lowest BCUT2D eigenvalue weighted by molar-refractivity contribution is -0.138. The molecule has 0 unspecified atom stereocenters. The Kier molecular flexibility index (Phi) is 6.77. The van der Waals surface area contributed by atoms with E-state index in [1.807, 2.05) is 18.2 Å². The summed E-state index contributed by atoms with van der Waals surface area (Å²) in [5, 5.41) is 0. The summed E-state index contributed by atoms with van der Waals surface area (Å²) in [7, 11) is 0. The zero-order valence-electron chi connectivity index (χ0n) is 12.9. The smallest absolute Gasteiger partial charge is 0.240 e. The predicted octanol–water partition coefficient (Wildman–Crippen LogP) is 2.22. The Labute approximate surface area is 136 Å². The molecule has 1 aromatic carbocycles. The average Bonchev–Trinajstić information content (AvgIpc) is 2.55. The fourth-order valence-corrected chi connectivity index (χ4v) is 3.62. The Hall–Kier alpha value is -1.49. The predicted molar refractivity (Wildman–Crippen MR) is 90.6 cm³/mol. The van der Waals surface area contributed by atoms with E-state index < -0.39 is 6.04 Å². The van der Waals surface area contributed by atoms with E-state index in [1.165, 1.54) is 5.56 Å². The number of primary amides is 1. The summed E-state index contributed by atoms with van der Waals surface area (Å²) in [4.78, 5) is 25.3. The van der Waals surface area contributed by atoms with E-state index in [1.54, 1.807) is 16.7 Å². The number of hydrogen-bond acceptors (Lipinski definition) is 3. The Morgan fingerprint density at radius 2 is 2.00 bits per heavy atom. The molecule has 0 radical (unpaired) electrons. The number of aryl methyl sites for hydroxylation is 1. The van der Waals surface area contributed by atoms with Crippen LogP contribution in [-0.2, 0) is 16.0 Å². The molecule has 1 aliphatic heterocycles. The number of amides is 2. The van der Waals surface area contributed by atoms with E-state index in [0.29, 0.717) is 18.7 Å². The summed E-state index contributed by atoms with van der Waals surface area (Å²) in [6, 6.07) is 9.97. The van der Waals surface area contributed by atoms with Crippen molar-refractivity contribution in [2.24, 2.45) is 5.73 Å². The molecule has 0 saturated carbocycles. The van der Waals surface area contributed by atoms with Crippen LogP contribution >= 0.6 is 11.8 Å². The second kappa shape index (κ2) is 8.83. The van der Waals surface area contributed by atoms with Gasteiger partial charge in [0.2, 0.25) is 11.8 Å². The van der Waals surface area contributed by atoms with Gasteiger partial charge in [-0.2, -0.15) is 11.8 Å². The Balaban J connectivity index is 1.67. The summed E-state index contributed by atoms with van der Waals surface area (Å²) < 4.78 is 0. The number of nitrogens with two attached hydrogens (primary N) is 1. The first kappa shape index (κ1) is 16.9. The fourth-order valence-electron chi connectivity index (χ4n) is 2.79. The molecule has 1 saturated heterocycles. The van der Waals surface area contributed by atoms with Crippen molar-refractivity contribution in [2.75, 3.05) is 18.1 Å². The molecule has 2 rings (SSSR count). The fraction of sp³-hybridized carbons (Fsp3) is 0.529. The highest BCUT2D eigenvalue weighted by molar-refractivity contribution is 7.99. The Morgan fingerprint density at radius 1 is 1.23 bits per heavy atom. The number of nitrogens with zero attached hydrogens (tertiary/aromatic N) is 1. The number of carbonyl (C=O) groups excluding carboxylic acids is 2. The number of likely N-dealkylation sites (tertiary alicyclic amines) is 1. The van der Waals surface area contributed by atoms with Crippen molar-refractivity contribution in [1.82, 2.24) is 4.90 Å². The topological polar surface area (TPSA) is 63.4 Å². The van der Waals surface area contributed by atoms with Crippen LogP contribution in [-0.4, -0.2) is 40.8 Å². The molecule has 22 heavy (non-hydrogen) atoms. The number of hydrogen-bond donors (Lipinski definition) is 1. The van der Waals surface area contributed by atoms with E-state index in [9.17, 15) is 9.59 Å². The van der Waals surface area contributed by atoms with Gasteiger partial charge in [0.05, 0.1) is 5.75 Å². The molecule has 1 fully saturated rings. The molecule has 4 nitrogen and oxygen atoms in total. The zero-order valence-corrected chi connectivity index (χ0v) is 13.7. The van der Waals surface area contributed by atoms with Crippen LogP contribution in [0.2, 0.25) is 0 Å². The van der Waals surface area contributed by atoms with Gasteiger partial charge in [0, 0.05) is 6.54 Å². The molecule has 0 bridgehead atoms. The first-order valence-electron chi connectivity index (χ1n) is 7.89. The van der Waals surface area contributed by atoms with Crippen molar-refractivity contribution >= 4 is 23.6 Å². The van der Waals surface area contributed by atoms with Crippen LogP contribution in [0.4, 0.5) is 0 Å². The van der Waals surface area contributed by atoms with Gasteiger partial charge >= 0.3 is 0 Å². The maximum absolute atomic E-state index is 12.2. The lowest BCUT2D eigenvalue weighted by Crippen LogP contribution is -2.51. The molecule has 2 N–H and O–H groups in total. The highest BCUT2D eigenvalue weighted by atomic mass is 32.2. The molecule has 1 heterocycles. The van der Waals surface area contributed by atoms with E-state index in [2.05, 4.69) is 12.1 Å². The lowest BCUT2D eigenvalue weighted by atomic mass is 10.0. The van der Waals surface area contributed by atoms with E-state index in [4.69, 9.17) is 5.73 Å². The highest BCUT2D eigenvalue weighted by Gasteiger charge is 2.30. The number of piperidine rings is 1. The summed E-state index contributed by atoms with van der Waals surface area (Å²) in [6.45, 7) is 0.664. The van der Waals surface area contributed by atoms with Gasteiger partial charge in [-0.25, -0.2) is 0 Å². The first-order valence-corrected chi connectivity index (χ1v) is 9.04. The standard InChI is InChI=1S/C17H24N2O2S/c18-17(21)15-10-4-5-11-19(15)16(20)13-22-12-6-9-14-7-2-1-3-8-14/h1-3,7-8,15H,4-6,9-13H2,(H2,18,21)/t15-/m1/s1. The van der Waals surface area contributed by atoms with Crippen LogP contribution in [0, 0.1) is 0 Å². The molecule has 0 aliphatic carbocycles. The third-order valence-electron chi connectivity index (χ3n) is 3.97. The largest absolute Gasteiger partial charge is 0.368 e. The molecule has 0 spiro atoms. The highest BCUT2D eigenvalue weighted by Crippen LogP contribution is 2.18. The van der Waals surface area contributed by atoms with Crippen molar-refractivity contribution in [3.63, 3.8) is 0 Å². The molecule has 5 heteroatoms. The number of carbonyl (C=O) groups is 2. The van der Waals surface area contributed by atoms with Gasteiger partial charge in [-0.1, -0.05) is 30.3 Å². The molecule has 120 valence electrons.